The summed E-state index contributed by atoms with van der Waals surface area (Å²) in [5.41, 5.74) is 2.09. The molecular weight excluding hydrogens is 428 g/mol. The summed E-state index contributed by atoms with van der Waals surface area (Å²) in [6, 6.07) is 18.1. The van der Waals surface area contributed by atoms with E-state index in [1.165, 1.54) is 5.56 Å². The highest BCUT2D eigenvalue weighted by Crippen LogP contribution is 2.36. The number of hydrogen-bond donors (Lipinski definition) is 0. The summed E-state index contributed by atoms with van der Waals surface area (Å²) in [5.74, 6) is 1.88. The summed E-state index contributed by atoms with van der Waals surface area (Å²) in [4.78, 5) is 5.19. The number of hydrogen-bond acceptors (Lipinski definition) is 8. The Morgan fingerprint density at radius 3 is 2.68 bits per heavy atom. The molecule has 0 spiro atoms. The number of thiophene rings is 1. The molecule has 4 heterocycles. The van der Waals surface area contributed by atoms with Gasteiger partial charge in [0, 0.05) is 18.0 Å². The van der Waals surface area contributed by atoms with Crippen molar-refractivity contribution in [1.82, 2.24) is 29.9 Å². The van der Waals surface area contributed by atoms with Crippen molar-refractivity contribution >= 4 is 23.1 Å². The van der Waals surface area contributed by atoms with Crippen molar-refractivity contribution < 1.29 is 4.42 Å². The lowest BCUT2D eigenvalue weighted by atomic mass is 10.2. The number of pyridine rings is 1. The third-order valence-corrected chi connectivity index (χ3v) is 6.55. The molecule has 0 bridgehead atoms. The highest BCUT2D eigenvalue weighted by molar-refractivity contribution is 7.99. The molecule has 1 unspecified atom stereocenters. The fourth-order valence-electron chi connectivity index (χ4n) is 3.10. The van der Waals surface area contributed by atoms with E-state index in [1.54, 1.807) is 35.5 Å². The van der Waals surface area contributed by atoms with E-state index in [0.717, 1.165) is 21.4 Å². The van der Waals surface area contributed by atoms with Gasteiger partial charge in [0.05, 0.1) is 16.7 Å². The molecule has 0 saturated carbocycles. The highest BCUT2D eigenvalue weighted by Gasteiger charge is 2.22. The molecule has 5 rings (SSSR count). The first-order valence-corrected chi connectivity index (χ1v) is 11.5. The van der Waals surface area contributed by atoms with Gasteiger partial charge >= 0.3 is 0 Å². The lowest BCUT2D eigenvalue weighted by Crippen LogP contribution is -2.05. The van der Waals surface area contributed by atoms with Crippen LogP contribution in [0.4, 0.5) is 0 Å². The maximum Gasteiger partial charge on any atom is 0.257 e. The van der Waals surface area contributed by atoms with E-state index in [0.29, 0.717) is 18.3 Å². The molecule has 0 saturated heterocycles. The van der Waals surface area contributed by atoms with Gasteiger partial charge in [0.25, 0.3) is 5.89 Å². The topological polar surface area (TPSA) is 82.5 Å². The maximum atomic E-state index is 5.91. The Morgan fingerprint density at radius 1 is 1.00 bits per heavy atom. The predicted octanol–water partition coefficient (Wildman–Crippen LogP) is 5.35. The third-order valence-electron chi connectivity index (χ3n) is 4.62. The van der Waals surface area contributed by atoms with Crippen molar-refractivity contribution in [2.24, 2.45) is 0 Å². The van der Waals surface area contributed by atoms with Crippen LogP contribution in [0.1, 0.15) is 23.6 Å². The molecule has 154 valence electrons. The molecule has 0 radical (unpaired) electrons. The minimum absolute atomic E-state index is 0.0818. The molecule has 0 N–H and O–H groups in total. The van der Waals surface area contributed by atoms with Gasteiger partial charge in [-0.2, -0.15) is 0 Å². The molecule has 1 aromatic carbocycles. The Labute approximate surface area is 187 Å². The standard InChI is InChI=1S/C22H18N6OS2/c1-15(20-25-26-21(29-20)18-10-6-12-30-18)31-22-27-24-19(17-9-5-11-23-13-17)28(22)14-16-7-3-2-4-8-16/h2-13,15H,14H2,1H3. The average Bonchev–Trinajstić information content (AvgIpc) is 3.57. The average molecular weight is 447 g/mol. The molecular formula is C22H18N6OS2. The van der Waals surface area contributed by atoms with Crippen molar-refractivity contribution in [2.45, 2.75) is 23.9 Å². The van der Waals surface area contributed by atoms with Gasteiger partial charge in [0.1, 0.15) is 0 Å². The van der Waals surface area contributed by atoms with Gasteiger partial charge < -0.3 is 4.42 Å². The monoisotopic (exact) mass is 446 g/mol. The molecule has 31 heavy (non-hydrogen) atoms. The normalized spacial score (nSPS) is 12.2. The van der Waals surface area contributed by atoms with E-state index >= 15 is 0 Å². The van der Waals surface area contributed by atoms with Gasteiger partial charge in [-0.05, 0) is 36.1 Å². The molecule has 1 atom stereocenters. The first-order chi connectivity index (χ1) is 15.3. The second kappa shape index (κ2) is 8.83. The Kier molecular flexibility index (Phi) is 5.59. The van der Waals surface area contributed by atoms with E-state index in [2.05, 4.69) is 42.1 Å². The molecule has 0 aliphatic rings. The zero-order chi connectivity index (χ0) is 21.0. The van der Waals surface area contributed by atoms with E-state index in [-0.39, 0.29) is 5.25 Å². The van der Waals surface area contributed by atoms with Crippen molar-refractivity contribution in [2.75, 3.05) is 0 Å². The SMILES string of the molecule is CC(Sc1nnc(-c2cccnc2)n1Cc1ccccc1)c1nnc(-c2cccs2)o1. The zero-order valence-electron chi connectivity index (χ0n) is 16.6. The predicted molar refractivity (Wildman–Crippen MR) is 121 cm³/mol. The van der Waals surface area contributed by atoms with Crippen LogP contribution in [-0.4, -0.2) is 29.9 Å². The van der Waals surface area contributed by atoms with Crippen LogP contribution in [0.5, 0.6) is 0 Å². The molecule has 0 fully saturated rings. The first kappa shape index (κ1) is 19.7. The van der Waals surface area contributed by atoms with Gasteiger partial charge in [0.2, 0.25) is 5.89 Å². The Morgan fingerprint density at radius 2 is 1.90 bits per heavy atom. The van der Waals surface area contributed by atoms with Crippen LogP contribution in [0.15, 0.2) is 81.9 Å². The molecule has 0 aliphatic carbocycles. The molecule has 5 aromatic rings. The third kappa shape index (κ3) is 4.28. The van der Waals surface area contributed by atoms with Gasteiger partial charge in [-0.25, -0.2) is 0 Å². The minimum atomic E-state index is -0.0818. The van der Waals surface area contributed by atoms with Gasteiger partial charge in [-0.15, -0.1) is 31.7 Å². The number of benzene rings is 1. The smallest absolute Gasteiger partial charge is 0.257 e. The Hall–Kier alpha value is -3.30. The summed E-state index contributed by atoms with van der Waals surface area (Å²) < 4.78 is 8.01. The molecule has 7 nitrogen and oxygen atoms in total. The number of nitrogens with zero attached hydrogens (tertiary/aromatic N) is 6. The van der Waals surface area contributed by atoms with E-state index in [9.17, 15) is 0 Å². The van der Waals surface area contributed by atoms with Crippen LogP contribution < -0.4 is 0 Å². The van der Waals surface area contributed by atoms with Crippen molar-refractivity contribution in [1.29, 1.82) is 0 Å². The Bertz CT molecular complexity index is 1250. The van der Waals surface area contributed by atoms with Crippen molar-refractivity contribution in [3.63, 3.8) is 0 Å². The van der Waals surface area contributed by atoms with E-state index in [4.69, 9.17) is 4.42 Å². The number of rotatable bonds is 7. The van der Waals surface area contributed by atoms with Gasteiger partial charge in [-0.3, -0.25) is 9.55 Å². The highest BCUT2D eigenvalue weighted by atomic mass is 32.2. The van der Waals surface area contributed by atoms with E-state index in [1.807, 2.05) is 54.8 Å². The number of aromatic nitrogens is 6. The second-order valence-electron chi connectivity index (χ2n) is 6.80. The largest absolute Gasteiger partial charge is 0.419 e. The van der Waals surface area contributed by atoms with Gasteiger partial charge in [0.15, 0.2) is 11.0 Å². The van der Waals surface area contributed by atoms with Crippen molar-refractivity contribution in [3.8, 4) is 22.2 Å². The molecule has 0 aliphatic heterocycles. The summed E-state index contributed by atoms with van der Waals surface area (Å²) in [6.07, 6.45) is 3.55. The molecule has 4 aromatic heterocycles. The molecule has 0 amide bonds. The fraction of sp³-hybridized carbons (Fsp3) is 0.136. The maximum absolute atomic E-state index is 5.91. The minimum Gasteiger partial charge on any atom is -0.419 e. The Balaban J connectivity index is 1.45. The van der Waals surface area contributed by atoms with Crippen LogP contribution >= 0.6 is 23.1 Å². The van der Waals surface area contributed by atoms with Crippen molar-refractivity contribution in [3.05, 3.63) is 83.8 Å². The van der Waals surface area contributed by atoms with Crippen LogP contribution in [-0.2, 0) is 6.54 Å². The summed E-state index contributed by atoms with van der Waals surface area (Å²) >= 11 is 3.12. The first-order valence-electron chi connectivity index (χ1n) is 9.69. The number of thioether (sulfide) groups is 1. The van der Waals surface area contributed by atoms with Crippen LogP contribution in [0.3, 0.4) is 0 Å². The lowest BCUT2D eigenvalue weighted by Gasteiger charge is -2.12. The molecule has 9 heteroatoms. The second-order valence-corrected chi connectivity index (χ2v) is 9.06. The van der Waals surface area contributed by atoms with Crippen LogP contribution in [0, 0.1) is 0 Å². The quantitative estimate of drug-likeness (QED) is 0.312. The van der Waals surface area contributed by atoms with E-state index < -0.39 is 0 Å². The lowest BCUT2D eigenvalue weighted by molar-refractivity contribution is 0.509. The van der Waals surface area contributed by atoms with Crippen LogP contribution in [0.2, 0.25) is 0 Å². The van der Waals surface area contributed by atoms with Gasteiger partial charge in [-0.1, -0.05) is 48.2 Å². The summed E-state index contributed by atoms with van der Waals surface area (Å²) in [6.45, 7) is 2.68. The summed E-state index contributed by atoms with van der Waals surface area (Å²) in [7, 11) is 0. The zero-order valence-corrected chi connectivity index (χ0v) is 18.3. The van der Waals surface area contributed by atoms with Crippen LogP contribution in [0.25, 0.3) is 22.2 Å². The fourth-order valence-corrected chi connectivity index (χ4v) is 4.62. The summed E-state index contributed by atoms with van der Waals surface area (Å²) in [5, 5.41) is 20.1.